The van der Waals surface area contributed by atoms with Crippen molar-refractivity contribution in [2.45, 2.75) is 64.2 Å². The summed E-state index contributed by atoms with van der Waals surface area (Å²) in [6, 6.07) is 15.9. The van der Waals surface area contributed by atoms with E-state index in [0.717, 1.165) is 50.8 Å². The summed E-state index contributed by atoms with van der Waals surface area (Å²) in [6.45, 7) is 6.24. The second-order valence-corrected chi connectivity index (χ2v) is 12.1. The number of ether oxygens (including phenoxy) is 2. The summed E-state index contributed by atoms with van der Waals surface area (Å²) in [5.74, 6) is 1.80. The van der Waals surface area contributed by atoms with E-state index in [2.05, 4.69) is 17.0 Å². The van der Waals surface area contributed by atoms with E-state index >= 15 is 0 Å². The zero-order valence-corrected chi connectivity index (χ0v) is 24.8. The van der Waals surface area contributed by atoms with Gasteiger partial charge < -0.3 is 24.2 Å². The molecule has 222 valence electrons. The Balaban J connectivity index is 1.19. The molecule has 0 N–H and O–H groups in total. The summed E-state index contributed by atoms with van der Waals surface area (Å²) in [5, 5.41) is 0. The van der Waals surface area contributed by atoms with Crippen molar-refractivity contribution in [3.8, 4) is 11.5 Å². The molecule has 7 heteroatoms. The van der Waals surface area contributed by atoms with Crippen LogP contribution >= 0.6 is 0 Å². The average molecular weight is 562 g/mol. The van der Waals surface area contributed by atoms with Crippen LogP contribution in [0.5, 0.6) is 11.5 Å². The number of amides is 2. The summed E-state index contributed by atoms with van der Waals surface area (Å²) in [7, 11) is 1.90. The third kappa shape index (κ3) is 7.42. The van der Waals surface area contributed by atoms with Crippen LogP contribution in [0, 0.1) is 5.41 Å². The van der Waals surface area contributed by atoms with Gasteiger partial charge in [-0.1, -0.05) is 43.2 Å². The average Bonchev–Trinajstić information content (AvgIpc) is 3.53. The minimum Gasteiger partial charge on any atom is -0.493 e. The van der Waals surface area contributed by atoms with E-state index in [4.69, 9.17) is 9.47 Å². The summed E-state index contributed by atoms with van der Waals surface area (Å²) in [6.07, 6.45) is 9.99. The van der Waals surface area contributed by atoms with Crippen LogP contribution in [-0.2, 0) is 11.2 Å². The molecule has 3 aliphatic heterocycles. The van der Waals surface area contributed by atoms with Crippen molar-refractivity contribution in [3.05, 3.63) is 59.7 Å². The monoisotopic (exact) mass is 561 g/mol. The fraction of sp³-hybridized carbons (Fsp3) is 0.588. The maximum absolute atomic E-state index is 13.9. The van der Waals surface area contributed by atoms with Gasteiger partial charge in [0.1, 0.15) is 18.1 Å². The molecule has 2 aromatic carbocycles. The number of benzene rings is 2. The molecule has 2 amide bonds. The quantitative estimate of drug-likeness (QED) is 0.441. The first kappa shape index (κ1) is 29.4. The van der Waals surface area contributed by atoms with Gasteiger partial charge in [-0.05, 0) is 88.2 Å². The Morgan fingerprint density at radius 3 is 2.46 bits per heavy atom. The predicted molar refractivity (Wildman–Crippen MR) is 162 cm³/mol. The number of fused-ring (bicyclic) bond motifs is 1. The summed E-state index contributed by atoms with van der Waals surface area (Å²) in [5.41, 5.74) is 1.45. The van der Waals surface area contributed by atoms with Gasteiger partial charge in [0.05, 0.1) is 24.1 Å². The van der Waals surface area contributed by atoms with E-state index in [1.54, 1.807) is 0 Å². The highest BCUT2D eigenvalue weighted by Gasteiger charge is 2.43. The molecule has 2 saturated heterocycles. The number of piperidine rings is 1. The molecule has 0 saturated carbocycles. The van der Waals surface area contributed by atoms with Gasteiger partial charge in [0.2, 0.25) is 5.91 Å². The minimum atomic E-state index is -0.419. The second kappa shape index (κ2) is 14.2. The van der Waals surface area contributed by atoms with Gasteiger partial charge in [-0.15, -0.1) is 0 Å². The Morgan fingerprint density at radius 2 is 1.63 bits per heavy atom. The Labute approximate surface area is 245 Å². The predicted octanol–water partition coefficient (Wildman–Crippen LogP) is 5.43. The van der Waals surface area contributed by atoms with Crippen LogP contribution in [0.15, 0.2) is 48.5 Å². The van der Waals surface area contributed by atoms with Gasteiger partial charge >= 0.3 is 0 Å². The molecule has 0 aromatic heterocycles. The highest BCUT2D eigenvalue weighted by molar-refractivity contribution is 5.97. The second-order valence-electron chi connectivity index (χ2n) is 12.1. The zero-order valence-electron chi connectivity index (χ0n) is 24.8. The van der Waals surface area contributed by atoms with Crippen molar-refractivity contribution in [2.24, 2.45) is 5.41 Å². The largest absolute Gasteiger partial charge is 0.493 e. The molecule has 0 atom stereocenters. The first-order valence-electron chi connectivity index (χ1n) is 15.8. The van der Waals surface area contributed by atoms with E-state index in [1.165, 1.54) is 31.5 Å². The normalized spacial score (nSPS) is 20.5. The molecular weight excluding hydrogens is 514 g/mol. The van der Waals surface area contributed by atoms with E-state index in [9.17, 15) is 9.59 Å². The summed E-state index contributed by atoms with van der Waals surface area (Å²) >= 11 is 0. The number of likely N-dealkylation sites (N-methyl/N-ethyl adjacent to an activating group) is 1. The third-order valence-corrected chi connectivity index (χ3v) is 9.26. The molecule has 41 heavy (non-hydrogen) atoms. The van der Waals surface area contributed by atoms with Crippen LogP contribution in [0.25, 0.3) is 0 Å². The van der Waals surface area contributed by atoms with Crippen molar-refractivity contribution in [2.75, 3.05) is 59.5 Å². The molecule has 0 aliphatic carbocycles. The fourth-order valence-electron chi connectivity index (χ4n) is 6.73. The molecule has 0 radical (unpaired) electrons. The Morgan fingerprint density at radius 1 is 0.878 bits per heavy atom. The van der Waals surface area contributed by atoms with Crippen LogP contribution < -0.4 is 9.47 Å². The highest BCUT2D eigenvalue weighted by atomic mass is 16.5. The van der Waals surface area contributed by atoms with Crippen molar-refractivity contribution in [1.82, 2.24) is 14.7 Å². The molecule has 7 nitrogen and oxygen atoms in total. The number of likely N-dealkylation sites (tertiary alicyclic amines) is 2. The number of rotatable bonds is 6. The van der Waals surface area contributed by atoms with Crippen LogP contribution in [0.1, 0.15) is 73.7 Å². The molecule has 3 aliphatic rings. The van der Waals surface area contributed by atoms with Gasteiger partial charge in [-0.25, -0.2) is 0 Å². The topological polar surface area (TPSA) is 62.3 Å². The van der Waals surface area contributed by atoms with Gasteiger partial charge in [-0.3, -0.25) is 9.59 Å². The number of nitrogens with zero attached hydrogens (tertiary/aromatic N) is 3. The molecule has 2 fully saturated rings. The highest BCUT2D eigenvalue weighted by Crippen LogP contribution is 2.39. The lowest BCUT2D eigenvalue weighted by Crippen LogP contribution is -2.51. The van der Waals surface area contributed by atoms with Crippen LogP contribution in [0.4, 0.5) is 0 Å². The van der Waals surface area contributed by atoms with E-state index < -0.39 is 5.41 Å². The molecule has 5 rings (SSSR count). The van der Waals surface area contributed by atoms with Crippen molar-refractivity contribution in [3.63, 3.8) is 0 Å². The molecule has 0 unspecified atom stereocenters. The van der Waals surface area contributed by atoms with Gasteiger partial charge in [0, 0.05) is 26.7 Å². The molecule has 1 spiro atoms. The van der Waals surface area contributed by atoms with Gasteiger partial charge in [-0.2, -0.15) is 0 Å². The number of para-hydroxylation sites is 2. The minimum absolute atomic E-state index is 0.00611. The molecular formula is C34H47N3O4. The van der Waals surface area contributed by atoms with Crippen LogP contribution in [0.2, 0.25) is 0 Å². The number of hydrogen-bond acceptors (Lipinski definition) is 5. The Bertz CT molecular complexity index is 1150. The molecule has 0 bridgehead atoms. The van der Waals surface area contributed by atoms with E-state index in [-0.39, 0.29) is 11.8 Å². The van der Waals surface area contributed by atoms with Crippen molar-refractivity contribution in [1.29, 1.82) is 0 Å². The summed E-state index contributed by atoms with van der Waals surface area (Å²) in [4.78, 5) is 33.8. The standard InChI is InChI=1S/C34H47N3O4/c1-35-25-27-41-30-15-6-4-13-28(30)12-3-2-8-17-34(33(35)39)18-23-37(24-19-34)32(38)29-14-5-7-16-31(29)40-26-11-22-36-20-9-10-21-36/h4-7,13-16H,2-3,8-12,17-27H2,1H3. The lowest BCUT2D eigenvalue weighted by Gasteiger charge is -2.42. The van der Waals surface area contributed by atoms with Crippen molar-refractivity contribution >= 4 is 11.8 Å². The molecule has 3 heterocycles. The zero-order chi connectivity index (χ0) is 28.5. The number of aryl methyl sites for hydroxylation is 1. The smallest absolute Gasteiger partial charge is 0.257 e. The van der Waals surface area contributed by atoms with Crippen LogP contribution in [0.3, 0.4) is 0 Å². The third-order valence-electron chi connectivity index (χ3n) is 9.26. The number of hydrogen-bond donors (Lipinski definition) is 0. The van der Waals surface area contributed by atoms with Gasteiger partial charge in [0.25, 0.3) is 5.91 Å². The maximum Gasteiger partial charge on any atom is 0.257 e. The van der Waals surface area contributed by atoms with E-state index in [1.807, 2.05) is 53.2 Å². The lowest BCUT2D eigenvalue weighted by atomic mass is 9.73. The first-order chi connectivity index (χ1) is 20.1. The van der Waals surface area contributed by atoms with Gasteiger partial charge in [0.15, 0.2) is 0 Å². The lowest BCUT2D eigenvalue weighted by molar-refractivity contribution is -0.144. The van der Waals surface area contributed by atoms with E-state index in [0.29, 0.717) is 57.0 Å². The first-order valence-corrected chi connectivity index (χ1v) is 15.8. The SMILES string of the molecule is CN1CCOc2ccccc2CCCCCC2(CCN(C(=O)c3ccccc3OCCCN3CCCC3)CC2)C1=O. The Hall–Kier alpha value is -3.06. The molecule has 2 aromatic rings. The van der Waals surface area contributed by atoms with Crippen LogP contribution in [-0.4, -0.2) is 86.0 Å². The maximum atomic E-state index is 13.9. The van der Waals surface area contributed by atoms with Crippen molar-refractivity contribution < 1.29 is 19.1 Å². The summed E-state index contributed by atoms with van der Waals surface area (Å²) < 4.78 is 12.2. The fourth-order valence-corrected chi connectivity index (χ4v) is 6.73. The number of carbonyl (C=O) groups excluding carboxylic acids is 2. The number of carbonyl (C=O) groups is 2. The Kier molecular flexibility index (Phi) is 10.2.